The van der Waals surface area contributed by atoms with Crippen LogP contribution in [0.1, 0.15) is 33.4 Å². The molecule has 0 saturated carbocycles. The van der Waals surface area contributed by atoms with Gasteiger partial charge in [-0.2, -0.15) is 0 Å². The SMILES string of the molecule is COc1c[nH]c(C=C(F)B2OC(C)(C)C(C)(C)O2)cc1=O. The highest BCUT2D eigenvalue weighted by molar-refractivity contribution is 6.54. The van der Waals surface area contributed by atoms with Crippen LogP contribution in [-0.4, -0.2) is 30.4 Å². The standard InChI is InChI=1S/C14H19BFNO4/c1-13(2)14(3,4)21-15(20-13)12(16)7-9-6-10(18)11(19-5)8-17-9/h6-8H,1-5H3,(H,17,18). The van der Waals surface area contributed by atoms with Gasteiger partial charge in [-0.15, -0.1) is 0 Å². The molecule has 1 aliphatic heterocycles. The number of halogens is 1. The molecule has 0 aromatic carbocycles. The van der Waals surface area contributed by atoms with Crippen LogP contribution >= 0.6 is 0 Å². The monoisotopic (exact) mass is 295 g/mol. The molecule has 0 spiro atoms. The second kappa shape index (κ2) is 5.31. The Bertz CT molecular complexity index is 608. The third-order valence-electron chi connectivity index (χ3n) is 3.89. The van der Waals surface area contributed by atoms with Gasteiger partial charge in [0.1, 0.15) is 5.73 Å². The van der Waals surface area contributed by atoms with Crippen molar-refractivity contribution >= 4 is 13.2 Å². The summed E-state index contributed by atoms with van der Waals surface area (Å²) in [7, 11) is 0.311. The van der Waals surface area contributed by atoms with Gasteiger partial charge in [-0.05, 0) is 33.8 Å². The molecular formula is C14H19BFNO4. The van der Waals surface area contributed by atoms with Gasteiger partial charge in [-0.1, -0.05) is 0 Å². The molecule has 1 aromatic heterocycles. The van der Waals surface area contributed by atoms with Crippen molar-refractivity contribution < 1.29 is 18.4 Å². The molecule has 5 nitrogen and oxygen atoms in total. The van der Waals surface area contributed by atoms with Gasteiger partial charge >= 0.3 is 7.12 Å². The molecule has 0 bridgehead atoms. The average molecular weight is 295 g/mol. The maximum absolute atomic E-state index is 14.3. The molecule has 7 heteroatoms. The van der Waals surface area contributed by atoms with E-state index in [1.165, 1.54) is 25.4 Å². The van der Waals surface area contributed by atoms with Crippen molar-refractivity contribution in [3.05, 3.63) is 33.9 Å². The summed E-state index contributed by atoms with van der Waals surface area (Å²) in [5.41, 5.74) is -1.85. The summed E-state index contributed by atoms with van der Waals surface area (Å²) in [5, 5.41) is 0. The number of aromatic amines is 1. The Morgan fingerprint density at radius 3 is 2.38 bits per heavy atom. The quantitative estimate of drug-likeness (QED) is 0.869. The molecule has 1 aromatic rings. The van der Waals surface area contributed by atoms with E-state index in [4.69, 9.17) is 14.0 Å². The summed E-state index contributed by atoms with van der Waals surface area (Å²) in [6.45, 7) is 7.37. The van der Waals surface area contributed by atoms with Crippen LogP contribution in [0.3, 0.4) is 0 Å². The fourth-order valence-corrected chi connectivity index (χ4v) is 1.89. The minimum absolute atomic E-state index is 0.170. The van der Waals surface area contributed by atoms with Crippen LogP contribution in [0.5, 0.6) is 5.75 Å². The number of nitrogens with one attached hydrogen (secondary N) is 1. The summed E-state index contributed by atoms with van der Waals surface area (Å²) in [6, 6.07) is 1.25. The Balaban J connectivity index is 2.23. The second-order valence-electron chi connectivity index (χ2n) is 5.94. The van der Waals surface area contributed by atoms with Crippen LogP contribution in [-0.2, 0) is 9.31 Å². The normalized spacial score (nSPS) is 20.7. The summed E-state index contributed by atoms with van der Waals surface area (Å²) in [5.74, 6) is 0.170. The van der Waals surface area contributed by atoms with E-state index in [0.29, 0.717) is 5.69 Å². The Kier molecular flexibility index (Phi) is 3.99. The van der Waals surface area contributed by atoms with E-state index in [0.717, 1.165) is 0 Å². The molecule has 1 N–H and O–H groups in total. The Labute approximate surface area is 123 Å². The molecule has 0 amide bonds. The number of methoxy groups -OCH3 is 1. The number of pyridine rings is 1. The third-order valence-corrected chi connectivity index (χ3v) is 3.89. The van der Waals surface area contributed by atoms with Gasteiger partial charge in [-0.25, -0.2) is 4.39 Å². The lowest BCUT2D eigenvalue weighted by Crippen LogP contribution is -2.41. The lowest BCUT2D eigenvalue weighted by Gasteiger charge is -2.32. The van der Waals surface area contributed by atoms with Crippen LogP contribution in [0.15, 0.2) is 22.8 Å². The van der Waals surface area contributed by atoms with Crippen molar-refractivity contribution in [2.75, 3.05) is 7.11 Å². The smallest absolute Gasteiger partial charge is 0.491 e. The topological polar surface area (TPSA) is 60.6 Å². The maximum atomic E-state index is 14.3. The van der Waals surface area contributed by atoms with Crippen molar-refractivity contribution in [2.45, 2.75) is 38.9 Å². The molecular weight excluding hydrogens is 276 g/mol. The molecule has 0 unspecified atom stereocenters. The number of H-pyrrole nitrogens is 1. The lowest BCUT2D eigenvalue weighted by molar-refractivity contribution is 0.00578. The Hall–Kier alpha value is -1.60. The van der Waals surface area contributed by atoms with Crippen LogP contribution in [0.4, 0.5) is 4.39 Å². The first kappa shape index (κ1) is 15.8. The molecule has 114 valence electrons. The van der Waals surface area contributed by atoms with E-state index < -0.39 is 24.0 Å². The van der Waals surface area contributed by atoms with Gasteiger partial charge in [0.2, 0.25) is 5.43 Å². The maximum Gasteiger partial charge on any atom is 0.525 e. The number of ether oxygens (including phenoxy) is 1. The fraction of sp³-hybridized carbons (Fsp3) is 0.500. The first-order chi connectivity index (χ1) is 9.66. The Morgan fingerprint density at radius 2 is 1.90 bits per heavy atom. The van der Waals surface area contributed by atoms with E-state index in [1.807, 2.05) is 27.7 Å². The highest BCUT2D eigenvalue weighted by Gasteiger charge is 2.53. The molecule has 1 saturated heterocycles. The second-order valence-corrected chi connectivity index (χ2v) is 5.94. The van der Waals surface area contributed by atoms with Crippen molar-refractivity contribution in [2.24, 2.45) is 0 Å². The zero-order valence-corrected chi connectivity index (χ0v) is 12.8. The van der Waals surface area contributed by atoms with Gasteiger partial charge in [0.25, 0.3) is 0 Å². The van der Waals surface area contributed by atoms with Gasteiger partial charge in [0, 0.05) is 18.0 Å². The molecule has 1 fully saturated rings. The Morgan fingerprint density at radius 1 is 1.33 bits per heavy atom. The van der Waals surface area contributed by atoms with Crippen molar-refractivity contribution in [1.82, 2.24) is 4.98 Å². The average Bonchev–Trinajstić information content (AvgIpc) is 2.59. The molecule has 1 aliphatic rings. The first-order valence-corrected chi connectivity index (χ1v) is 6.66. The van der Waals surface area contributed by atoms with Crippen molar-refractivity contribution in [3.8, 4) is 5.75 Å². The van der Waals surface area contributed by atoms with E-state index in [1.54, 1.807) is 0 Å². The van der Waals surface area contributed by atoms with Crippen LogP contribution in [0.25, 0.3) is 6.08 Å². The van der Waals surface area contributed by atoms with Gasteiger partial charge in [0.05, 0.1) is 18.3 Å². The van der Waals surface area contributed by atoms with Crippen LogP contribution < -0.4 is 10.2 Å². The third kappa shape index (κ3) is 3.03. The van der Waals surface area contributed by atoms with E-state index in [9.17, 15) is 9.18 Å². The fourth-order valence-electron chi connectivity index (χ4n) is 1.89. The van der Waals surface area contributed by atoms with Gasteiger partial charge in [-0.3, -0.25) is 4.79 Å². The summed E-state index contributed by atoms with van der Waals surface area (Å²) >= 11 is 0. The highest BCUT2D eigenvalue weighted by atomic mass is 19.1. The van der Waals surface area contributed by atoms with Gasteiger partial charge < -0.3 is 19.0 Å². The minimum atomic E-state index is -1.08. The molecule has 0 atom stereocenters. The van der Waals surface area contributed by atoms with Crippen LogP contribution in [0, 0.1) is 0 Å². The first-order valence-electron chi connectivity index (χ1n) is 6.66. The number of rotatable bonds is 3. The van der Waals surface area contributed by atoms with Gasteiger partial charge in [0.15, 0.2) is 5.75 Å². The van der Waals surface area contributed by atoms with Crippen molar-refractivity contribution in [1.29, 1.82) is 0 Å². The predicted molar refractivity (Wildman–Crippen MR) is 78.8 cm³/mol. The summed E-state index contributed by atoms with van der Waals surface area (Å²) < 4.78 is 30.3. The van der Waals surface area contributed by atoms with E-state index in [2.05, 4.69) is 4.98 Å². The largest absolute Gasteiger partial charge is 0.525 e. The molecule has 0 radical (unpaired) electrons. The van der Waals surface area contributed by atoms with Crippen molar-refractivity contribution in [3.63, 3.8) is 0 Å². The molecule has 21 heavy (non-hydrogen) atoms. The zero-order chi connectivity index (χ0) is 15.8. The lowest BCUT2D eigenvalue weighted by atomic mass is 9.87. The molecule has 2 heterocycles. The minimum Gasteiger partial charge on any atom is -0.491 e. The summed E-state index contributed by atoms with van der Waals surface area (Å²) in [4.78, 5) is 14.4. The highest BCUT2D eigenvalue weighted by Crippen LogP contribution is 2.38. The van der Waals surface area contributed by atoms with E-state index >= 15 is 0 Å². The number of hydrogen-bond acceptors (Lipinski definition) is 4. The summed E-state index contributed by atoms with van der Waals surface area (Å²) in [6.07, 6.45) is 2.56. The number of hydrogen-bond donors (Lipinski definition) is 1. The predicted octanol–water partition coefficient (Wildman–Crippen LogP) is 2.33. The number of aromatic nitrogens is 1. The van der Waals surface area contributed by atoms with E-state index in [-0.39, 0.29) is 11.2 Å². The molecule has 2 rings (SSSR count). The van der Waals surface area contributed by atoms with Crippen LogP contribution in [0.2, 0.25) is 0 Å². The molecule has 0 aliphatic carbocycles. The zero-order valence-electron chi connectivity index (χ0n) is 12.8.